The van der Waals surface area contributed by atoms with Crippen molar-refractivity contribution in [2.75, 3.05) is 0 Å². The second kappa shape index (κ2) is 7.31. The molecule has 95 valence electrons. The van der Waals surface area contributed by atoms with Crippen molar-refractivity contribution in [1.82, 2.24) is 0 Å². The van der Waals surface area contributed by atoms with Crippen LogP contribution >= 0.6 is 0 Å². The molecule has 19 heavy (non-hydrogen) atoms. The van der Waals surface area contributed by atoms with Crippen molar-refractivity contribution in [1.29, 1.82) is 0 Å². The molecule has 2 aromatic rings. The predicted molar refractivity (Wildman–Crippen MR) is 67.3 cm³/mol. The number of fused-ring (bicyclic) bond motifs is 1. The molecule has 0 bridgehead atoms. The summed E-state index contributed by atoms with van der Waals surface area (Å²) in [5.74, 6) is 0.564. The normalized spacial score (nSPS) is 15.9. The van der Waals surface area contributed by atoms with Crippen molar-refractivity contribution in [2.24, 2.45) is 0 Å². The average Bonchev–Trinajstić information content (AvgIpc) is 2.68. The molecule has 0 radical (unpaired) electrons. The Kier molecular flexibility index (Phi) is 6.36. The Hall–Kier alpha value is -0.526. The van der Waals surface area contributed by atoms with Crippen LogP contribution in [0.25, 0.3) is 6.08 Å². The van der Waals surface area contributed by atoms with Gasteiger partial charge in [0.25, 0.3) is 0 Å². The summed E-state index contributed by atoms with van der Waals surface area (Å²) in [6, 6.07) is 19.5. The molecule has 0 N–H and O–H groups in total. The summed E-state index contributed by atoms with van der Waals surface area (Å²) in [7, 11) is 0. The first-order chi connectivity index (χ1) is 8.34. The summed E-state index contributed by atoms with van der Waals surface area (Å²) < 4.78 is 1.48. The van der Waals surface area contributed by atoms with Gasteiger partial charge in [-0.1, -0.05) is 0 Å². The zero-order valence-corrected chi connectivity index (χ0v) is 13.4. The minimum absolute atomic E-state index is 0. The van der Waals surface area contributed by atoms with Gasteiger partial charge >= 0.3 is 114 Å². The molecule has 3 heteroatoms. The Morgan fingerprint density at radius 3 is 2.21 bits per heavy atom. The van der Waals surface area contributed by atoms with Crippen LogP contribution in [0.15, 0.2) is 58.5 Å². The van der Waals surface area contributed by atoms with E-state index in [1.807, 2.05) is 0 Å². The van der Waals surface area contributed by atoms with Crippen LogP contribution < -0.4 is 24.8 Å². The van der Waals surface area contributed by atoms with Gasteiger partial charge in [-0.05, 0) is 0 Å². The second-order valence-corrected chi connectivity index (χ2v) is 5.37. The van der Waals surface area contributed by atoms with Crippen LogP contribution in [-0.4, -0.2) is 0 Å². The third-order valence-electron chi connectivity index (χ3n) is 3.34. The Morgan fingerprint density at radius 1 is 0.842 bits per heavy atom. The fraction of sp³-hybridized carbons (Fsp3) is 0.125. The maximum absolute atomic E-state index is 2.32. The van der Waals surface area contributed by atoms with Gasteiger partial charge in [0.2, 0.25) is 0 Å². The molecule has 0 nitrogen and oxygen atoms in total. The number of benzene rings is 2. The summed E-state index contributed by atoms with van der Waals surface area (Å²) in [4.78, 5) is 0. The second-order valence-electron chi connectivity index (χ2n) is 4.47. The van der Waals surface area contributed by atoms with Crippen LogP contribution in [0.5, 0.6) is 0 Å². The number of rotatable bonds is 2. The standard InChI is InChI=1S/C16H13.2ClH.Ti/c1-2-6-13(7-3-1)12-15-11-10-14-8-4-5-9-16(14)15;;;/h1-10,15H,12H2;2*1H;/q;;;+2/p-2. The first kappa shape index (κ1) is 16.5. The zero-order chi connectivity index (χ0) is 11.7. The van der Waals surface area contributed by atoms with E-state index in [2.05, 4.69) is 81.1 Å². The summed E-state index contributed by atoms with van der Waals surface area (Å²) in [5.41, 5.74) is 4.29. The van der Waals surface area contributed by atoms with Gasteiger partial charge in [-0.3, -0.25) is 0 Å². The molecule has 0 saturated carbocycles. The third kappa shape index (κ3) is 3.52. The van der Waals surface area contributed by atoms with Gasteiger partial charge in [-0.15, -0.1) is 0 Å². The Balaban J connectivity index is 0.000000902. The van der Waals surface area contributed by atoms with E-state index in [4.69, 9.17) is 0 Å². The minimum atomic E-state index is 0. The van der Waals surface area contributed by atoms with E-state index >= 15 is 0 Å². The fourth-order valence-electron chi connectivity index (χ4n) is 2.47. The molecule has 1 aliphatic carbocycles. The van der Waals surface area contributed by atoms with Gasteiger partial charge in [0.05, 0.1) is 0 Å². The van der Waals surface area contributed by atoms with Gasteiger partial charge in [0, 0.05) is 0 Å². The molecule has 0 fully saturated rings. The quantitative estimate of drug-likeness (QED) is 0.557. The molecule has 0 spiro atoms. The molecular weight excluding hydrogens is 311 g/mol. The van der Waals surface area contributed by atoms with E-state index < -0.39 is 0 Å². The van der Waals surface area contributed by atoms with Gasteiger partial charge in [-0.2, -0.15) is 0 Å². The van der Waals surface area contributed by atoms with Crippen molar-refractivity contribution in [2.45, 2.75) is 12.3 Å². The van der Waals surface area contributed by atoms with Crippen molar-refractivity contribution < 1.29 is 45.2 Å². The molecule has 1 atom stereocenters. The monoisotopic (exact) mass is 323 g/mol. The van der Waals surface area contributed by atoms with Crippen molar-refractivity contribution in [3.05, 3.63) is 75.2 Å². The molecule has 2 aromatic carbocycles. The van der Waals surface area contributed by atoms with Gasteiger partial charge in [-0.25, -0.2) is 0 Å². The molecule has 0 saturated heterocycles. The average molecular weight is 324 g/mol. The molecule has 3 rings (SSSR count). The molecule has 1 unspecified atom stereocenters. The molecule has 0 aliphatic heterocycles. The van der Waals surface area contributed by atoms with Crippen LogP contribution in [0.3, 0.4) is 0 Å². The summed E-state index contributed by atoms with van der Waals surface area (Å²) in [6.45, 7) is 0. The van der Waals surface area contributed by atoms with Gasteiger partial charge < -0.3 is 24.8 Å². The third-order valence-corrected chi connectivity index (χ3v) is 4.11. The van der Waals surface area contributed by atoms with Crippen LogP contribution in [0.2, 0.25) is 0 Å². The molecule has 0 heterocycles. The Labute approximate surface area is 138 Å². The summed E-state index contributed by atoms with van der Waals surface area (Å²) in [6.07, 6.45) is 3.43. The van der Waals surface area contributed by atoms with Crippen LogP contribution in [0, 0.1) is 0 Å². The van der Waals surface area contributed by atoms with Crippen LogP contribution in [0.4, 0.5) is 0 Å². The van der Waals surface area contributed by atoms with Crippen LogP contribution in [-0.2, 0) is 26.9 Å². The summed E-state index contributed by atoms with van der Waals surface area (Å²) in [5, 5.41) is 0. The van der Waals surface area contributed by atoms with E-state index in [0.717, 1.165) is 6.42 Å². The molecule has 0 amide bonds. The number of hydrogen-bond acceptors (Lipinski definition) is 0. The summed E-state index contributed by atoms with van der Waals surface area (Å²) >= 11 is 2.24. The zero-order valence-electron chi connectivity index (χ0n) is 10.3. The maximum atomic E-state index is 2.32. The Morgan fingerprint density at radius 2 is 1.47 bits per heavy atom. The van der Waals surface area contributed by atoms with E-state index in [1.54, 1.807) is 0 Å². The number of allylic oxidation sites excluding steroid dienone is 1. The van der Waals surface area contributed by atoms with E-state index in [0.29, 0.717) is 5.92 Å². The van der Waals surface area contributed by atoms with E-state index in [-0.39, 0.29) is 24.8 Å². The first-order valence-electron chi connectivity index (χ1n) is 5.90. The first-order valence-corrected chi connectivity index (χ1v) is 6.69. The molecule has 1 aliphatic rings. The van der Waals surface area contributed by atoms with Gasteiger partial charge in [0.1, 0.15) is 0 Å². The number of halogens is 2. The topological polar surface area (TPSA) is 0 Å². The number of hydrogen-bond donors (Lipinski definition) is 0. The predicted octanol–water partition coefficient (Wildman–Crippen LogP) is -2.08. The molecule has 0 aromatic heterocycles. The van der Waals surface area contributed by atoms with Gasteiger partial charge in [0.15, 0.2) is 0 Å². The van der Waals surface area contributed by atoms with Crippen LogP contribution in [0.1, 0.15) is 22.6 Å². The van der Waals surface area contributed by atoms with Crippen molar-refractivity contribution in [3.63, 3.8) is 0 Å². The van der Waals surface area contributed by atoms with Crippen molar-refractivity contribution >= 4 is 6.08 Å². The molecular formula is C16H13Cl2Ti. The fourth-order valence-corrected chi connectivity index (χ4v) is 3.11. The van der Waals surface area contributed by atoms with E-state index in [1.165, 1.54) is 20.6 Å². The SMILES string of the molecule is [Cl-].[Cl-].[Ti+2][C]1=Cc2ccccc2C1Cc1ccccc1. The van der Waals surface area contributed by atoms with Crippen molar-refractivity contribution in [3.8, 4) is 0 Å². The van der Waals surface area contributed by atoms with E-state index in [9.17, 15) is 0 Å². The Bertz CT molecular complexity index is 564.